The van der Waals surface area contributed by atoms with Crippen LogP contribution in [0.2, 0.25) is 0 Å². The Kier molecular flexibility index (Phi) is 3.77. The van der Waals surface area contributed by atoms with Gasteiger partial charge in [0.05, 0.1) is 10.6 Å². The summed E-state index contributed by atoms with van der Waals surface area (Å²) in [6.45, 7) is -0.142. The van der Waals surface area contributed by atoms with Crippen molar-refractivity contribution in [2.45, 2.75) is 11.4 Å². The van der Waals surface area contributed by atoms with E-state index in [1.807, 2.05) is 0 Å². The van der Waals surface area contributed by atoms with Crippen molar-refractivity contribution in [3.05, 3.63) is 36.7 Å². The number of halogens is 1. The summed E-state index contributed by atoms with van der Waals surface area (Å²) < 4.78 is 37.0. The fourth-order valence-corrected chi connectivity index (χ4v) is 1.95. The van der Waals surface area contributed by atoms with Crippen molar-refractivity contribution in [2.75, 3.05) is 5.32 Å². The van der Waals surface area contributed by atoms with Crippen molar-refractivity contribution >= 4 is 21.6 Å². The number of primary sulfonamides is 1. The number of sulfonamides is 1. The van der Waals surface area contributed by atoms with Crippen LogP contribution in [-0.2, 0) is 21.4 Å². The van der Waals surface area contributed by atoms with Crippen LogP contribution in [0.4, 0.5) is 10.1 Å². The van der Waals surface area contributed by atoms with Gasteiger partial charge in [-0.25, -0.2) is 27.6 Å². The molecule has 8 nitrogen and oxygen atoms in total. The molecule has 1 amide bonds. The third-order valence-electron chi connectivity index (χ3n) is 2.32. The van der Waals surface area contributed by atoms with Crippen molar-refractivity contribution in [3.63, 3.8) is 0 Å². The van der Waals surface area contributed by atoms with Gasteiger partial charge in [0.25, 0.3) is 0 Å². The van der Waals surface area contributed by atoms with Crippen LogP contribution in [0, 0.1) is 5.82 Å². The molecular weight excluding hydrogens is 289 g/mol. The number of rotatable bonds is 4. The molecule has 0 fully saturated rings. The summed E-state index contributed by atoms with van der Waals surface area (Å²) in [5.74, 6) is -1.43. The maximum Gasteiger partial charge on any atom is 0.246 e. The van der Waals surface area contributed by atoms with E-state index in [4.69, 9.17) is 5.14 Å². The molecule has 0 bridgehead atoms. The number of carbonyl (C=O) groups excluding carboxylic acids is 1. The topological polar surface area (TPSA) is 120 Å². The van der Waals surface area contributed by atoms with E-state index >= 15 is 0 Å². The Morgan fingerprint density at radius 1 is 1.45 bits per heavy atom. The van der Waals surface area contributed by atoms with E-state index < -0.39 is 21.7 Å². The van der Waals surface area contributed by atoms with Crippen molar-refractivity contribution in [2.24, 2.45) is 5.14 Å². The van der Waals surface area contributed by atoms with Gasteiger partial charge in [0, 0.05) is 0 Å². The molecule has 106 valence electrons. The van der Waals surface area contributed by atoms with Crippen molar-refractivity contribution in [3.8, 4) is 0 Å². The van der Waals surface area contributed by atoms with Gasteiger partial charge in [0.15, 0.2) is 0 Å². The van der Waals surface area contributed by atoms with Crippen molar-refractivity contribution in [1.82, 2.24) is 14.8 Å². The number of anilines is 1. The SMILES string of the molecule is NS(=O)(=O)c1ccc(NC(=O)Cn2cncn2)c(F)c1. The molecule has 0 saturated carbocycles. The predicted octanol–water partition coefficient (Wildman–Crippen LogP) is -0.297. The maximum atomic E-state index is 13.7. The molecule has 20 heavy (non-hydrogen) atoms. The van der Waals surface area contributed by atoms with E-state index in [1.54, 1.807) is 0 Å². The predicted molar refractivity (Wildman–Crippen MR) is 66.4 cm³/mol. The normalized spacial score (nSPS) is 11.3. The molecule has 0 saturated heterocycles. The molecule has 0 unspecified atom stereocenters. The first kappa shape index (κ1) is 14.1. The summed E-state index contributed by atoms with van der Waals surface area (Å²) >= 11 is 0. The van der Waals surface area contributed by atoms with Gasteiger partial charge in [0.2, 0.25) is 15.9 Å². The lowest BCUT2D eigenvalue weighted by Gasteiger charge is -2.07. The van der Waals surface area contributed by atoms with Crippen LogP contribution in [0.3, 0.4) is 0 Å². The molecule has 3 N–H and O–H groups in total. The number of hydrogen-bond donors (Lipinski definition) is 2. The third-order valence-corrected chi connectivity index (χ3v) is 3.23. The Balaban J connectivity index is 2.12. The van der Waals surface area contributed by atoms with Crippen LogP contribution in [0.5, 0.6) is 0 Å². The van der Waals surface area contributed by atoms with Gasteiger partial charge in [-0.15, -0.1) is 0 Å². The first-order chi connectivity index (χ1) is 9.36. The molecule has 0 atom stereocenters. The van der Waals surface area contributed by atoms with Gasteiger partial charge < -0.3 is 5.32 Å². The Bertz CT molecular complexity index is 729. The minimum atomic E-state index is -3.99. The van der Waals surface area contributed by atoms with E-state index in [9.17, 15) is 17.6 Å². The van der Waals surface area contributed by atoms with Crippen molar-refractivity contribution in [1.29, 1.82) is 0 Å². The van der Waals surface area contributed by atoms with E-state index in [0.29, 0.717) is 0 Å². The van der Waals surface area contributed by atoms with Crippen LogP contribution in [0.1, 0.15) is 0 Å². The molecular formula is C10H10FN5O3S. The Morgan fingerprint density at radius 3 is 2.75 bits per heavy atom. The quantitative estimate of drug-likeness (QED) is 0.803. The monoisotopic (exact) mass is 299 g/mol. The van der Waals surface area contributed by atoms with E-state index in [0.717, 1.165) is 18.2 Å². The third kappa shape index (κ3) is 3.36. The number of amides is 1. The summed E-state index contributed by atoms with van der Waals surface area (Å²) in [5, 5.41) is 10.9. The molecule has 1 heterocycles. The Morgan fingerprint density at radius 2 is 2.20 bits per heavy atom. The van der Waals surface area contributed by atoms with E-state index in [2.05, 4.69) is 15.4 Å². The number of nitrogens with two attached hydrogens (primary N) is 1. The number of carbonyl (C=O) groups is 1. The zero-order valence-corrected chi connectivity index (χ0v) is 10.8. The lowest BCUT2D eigenvalue weighted by atomic mass is 10.3. The molecule has 0 radical (unpaired) electrons. The second kappa shape index (κ2) is 5.35. The van der Waals surface area contributed by atoms with Crippen LogP contribution >= 0.6 is 0 Å². The Hall–Kier alpha value is -2.33. The number of benzene rings is 1. The fourth-order valence-electron chi connectivity index (χ4n) is 1.43. The standard InChI is InChI=1S/C10H10FN5O3S/c11-8-3-7(20(12,18)19)1-2-9(8)15-10(17)4-16-6-13-5-14-16/h1-3,5-6H,4H2,(H,15,17)(H2,12,18,19). The fraction of sp³-hybridized carbons (Fsp3) is 0.100. The summed E-state index contributed by atoms with van der Waals surface area (Å²) in [6, 6.07) is 2.96. The van der Waals surface area contributed by atoms with E-state index in [-0.39, 0.29) is 17.1 Å². The highest BCUT2D eigenvalue weighted by Gasteiger charge is 2.13. The smallest absolute Gasteiger partial charge is 0.246 e. The van der Waals surface area contributed by atoms with Gasteiger partial charge in [-0.1, -0.05) is 0 Å². The zero-order chi connectivity index (χ0) is 14.8. The summed E-state index contributed by atoms with van der Waals surface area (Å²) in [4.78, 5) is 14.9. The van der Waals surface area contributed by atoms with E-state index in [1.165, 1.54) is 17.3 Å². The van der Waals surface area contributed by atoms with Gasteiger partial charge in [-0.2, -0.15) is 5.10 Å². The molecule has 0 aliphatic heterocycles. The highest BCUT2D eigenvalue weighted by molar-refractivity contribution is 7.89. The van der Waals surface area contributed by atoms with Crippen LogP contribution < -0.4 is 10.5 Å². The van der Waals surface area contributed by atoms with Gasteiger partial charge in [0.1, 0.15) is 25.0 Å². The van der Waals surface area contributed by atoms with Gasteiger partial charge in [-0.3, -0.25) is 4.79 Å². The number of nitrogens with one attached hydrogen (secondary N) is 1. The molecule has 10 heteroatoms. The molecule has 1 aromatic carbocycles. The largest absolute Gasteiger partial charge is 0.322 e. The summed E-state index contributed by atoms with van der Waals surface area (Å²) in [6.07, 6.45) is 2.59. The van der Waals surface area contributed by atoms with Gasteiger partial charge >= 0.3 is 0 Å². The average Bonchev–Trinajstić information content (AvgIpc) is 2.83. The minimum Gasteiger partial charge on any atom is -0.322 e. The average molecular weight is 299 g/mol. The highest BCUT2D eigenvalue weighted by Crippen LogP contribution is 2.18. The second-order valence-corrected chi connectivity index (χ2v) is 5.39. The first-order valence-electron chi connectivity index (χ1n) is 5.31. The first-order valence-corrected chi connectivity index (χ1v) is 6.85. The molecule has 0 aliphatic carbocycles. The van der Waals surface area contributed by atoms with Crippen LogP contribution in [0.15, 0.2) is 35.7 Å². The maximum absolute atomic E-state index is 13.7. The molecule has 1 aromatic heterocycles. The molecule has 0 aliphatic rings. The lowest BCUT2D eigenvalue weighted by Crippen LogP contribution is -2.20. The number of nitrogens with zero attached hydrogens (tertiary/aromatic N) is 3. The molecule has 2 rings (SSSR count). The van der Waals surface area contributed by atoms with Crippen LogP contribution in [-0.4, -0.2) is 29.1 Å². The number of aromatic nitrogens is 3. The number of hydrogen-bond acceptors (Lipinski definition) is 5. The van der Waals surface area contributed by atoms with Gasteiger partial charge in [-0.05, 0) is 18.2 Å². The Labute approximate surface area is 113 Å². The lowest BCUT2D eigenvalue weighted by molar-refractivity contribution is -0.116. The zero-order valence-electron chi connectivity index (χ0n) is 10.0. The second-order valence-electron chi connectivity index (χ2n) is 3.83. The molecule has 2 aromatic rings. The minimum absolute atomic E-state index is 0.142. The van der Waals surface area contributed by atoms with Crippen LogP contribution in [0.25, 0.3) is 0 Å². The molecule has 0 spiro atoms. The summed E-state index contributed by atoms with van der Waals surface area (Å²) in [5.41, 5.74) is -0.150. The summed E-state index contributed by atoms with van der Waals surface area (Å²) in [7, 11) is -3.99. The van der Waals surface area contributed by atoms with Crippen molar-refractivity contribution < 1.29 is 17.6 Å². The highest BCUT2D eigenvalue weighted by atomic mass is 32.2.